The molecule has 3 rings (SSSR count). The zero-order valence-corrected chi connectivity index (χ0v) is 13.8. The van der Waals surface area contributed by atoms with Gasteiger partial charge in [0, 0.05) is 25.7 Å². The summed E-state index contributed by atoms with van der Waals surface area (Å²) in [5.41, 5.74) is 3.84. The van der Waals surface area contributed by atoms with Crippen molar-refractivity contribution in [2.75, 3.05) is 19.6 Å². The predicted octanol–water partition coefficient (Wildman–Crippen LogP) is 3.63. The van der Waals surface area contributed by atoms with Gasteiger partial charge >= 0.3 is 6.09 Å². The smallest absolute Gasteiger partial charge is 0.404 e. The van der Waals surface area contributed by atoms with Crippen molar-refractivity contribution >= 4 is 6.09 Å². The Hall–Kier alpha value is -2.33. The molecule has 0 atom stereocenters. The van der Waals surface area contributed by atoms with Crippen molar-refractivity contribution < 1.29 is 9.90 Å². The largest absolute Gasteiger partial charge is 0.465 e. The third-order valence-corrected chi connectivity index (χ3v) is 4.69. The first-order valence-electron chi connectivity index (χ1n) is 8.57. The molecule has 24 heavy (non-hydrogen) atoms. The van der Waals surface area contributed by atoms with Gasteiger partial charge in [-0.2, -0.15) is 0 Å². The van der Waals surface area contributed by atoms with Gasteiger partial charge in [0.15, 0.2) is 0 Å². The molecule has 0 unspecified atom stereocenters. The van der Waals surface area contributed by atoms with Crippen LogP contribution in [0.4, 0.5) is 4.79 Å². The summed E-state index contributed by atoms with van der Waals surface area (Å²) >= 11 is 0. The van der Waals surface area contributed by atoms with Gasteiger partial charge in [-0.1, -0.05) is 54.6 Å². The highest BCUT2D eigenvalue weighted by atomic mass is 16.4. The molecule has 1 aliphatic heterocycles. The monoisotopic (exact) mass is 324 g/mol. The van der Waals surface area contributed by atoms with Gasteiger partial charge in [-0.25, -0.2) is 4.79 Å². The fourth-order valence-electron chi connectivity index (χ4n) is 3.26. The van der Waals surface area contributed by atoms with Gasteiger partial charge in [-0.3, -0.25) is 0 Å². The van der Waals surface area contributed by atoms with E-state index in [9.17, 15) is 4.79 Å². The van der Waals surface area contributed by atoms with Crippen LogP contribution in [-0.4, -0.2) is 41.8 Å². The van der Waals surface area contributed by atoms with E-state index in [2.05, 4.69) is 58.7 Å². The fraction of sp³-hybridized carbons (Fsp3) is 0.350. The molecule has 0 spiro atoms. The van der Waals surface area contributed by atoms with Crippen LogP contribution in [0.15, 0.2) is 54.6 Å². The first-order valence-corrected chi connectivity index (χ1v) is 8.57. The van der Waals surface area contributed by atoms with Gasteiger partial charge in [-0.15, -0.1) is 0 Å². The minimum Gasteiger partial charge on any atom is -0.465 e. The SMILES string of the molecule is O=C(O)NC1CCN(CCc2ccc(-c3ccccc3)cc2)CC1. The van der Waals surface area contributed by atoms with Crippen molar-refractivity contribution in [1.29, 1.82) is 0 Å². The van der Waals surface area contributed by atoms with Gasteiger partial charge in [0.05, 0.1) is 0 Å². The van der Waals surface area contributed by atoms with E-state index < -0.39 is 6.09 Å². The standard InChI is InChI=1S/C20H24N2O2/c23-20(24)21-19-11-14-22(15-12-19)13-10-16-6-8-18(9-7-16)17-4-2-1-3-5-17/h1-9,19,21H,10-15H2,(H,23,24). The first kappa shape index (κ1) is 16.5. The molecule has 1 aliphatic rings. The molecule has 2 N–H and O–H groups in total. The number of benzene rings is 2. The summed E-state index contributed by atoms with van der Waals surface area (Å²) in [7, 11) is 0. The van der Waals surface area contributed by atoms with E-state index in [0.29, 0.717) is 0 Å². The van der Waals surface area contributed by atoms with Crippen molar-refractivity contribution in [3.63, 3.8) is 0 Å². The number of carboxylic acid groups (broad SMARTS) is 1. The van der Waals surface area contributed by atoms with Crippen LogP contribution in [0.1, 0.15) is 18.4 Å². The maximum absolute atomic E-state index is 10.7. The molecule has 2 aromatic rings. The van der Waals surface area contributed by atoms with Gasteiger partial charge in [-0.05, 0) is 36.0 Å². The molecule has 0 bridgehead atoms. The van der Waals surface area contributed by atoms with Crippen LogP contribution in [0.5, 0.6) is 0 Å². The van der Waals surface area contributed by atoms with Crippen molar-refractivity contribution in [1.82, 2.24) is 10.2 Å². The molecule has 1 amide bonds. The molecular formula is C20H24N2O2. The predicted molar refractivity (Wildman–Crippen MR) is 96.2 cm³/mol. The zero-order valence-electron chi connectivity index (χ0n) is 13.8. The van der Waals surface area contributed by atoms with Crippen LogP contribution < -0.4 is 5.32 Å². The lowest BCUT2D eigenvalue weighted by molar-refractivity contribution is 0.169. The summed E-state index contributed by atoms with van der Waals surface area (Å²) < 4.78 is 0. The number of hydrogen-bond acceptors (Lipinski definition) is 2. The maximum atomic E-state index is 10.7. The van der Waals surface area contributed by atoms with E-state index in [1.165, 1.54) is 16.7 Å². The molecule has 1 fully saturated rings. The molecule has 4 nitrogen and oxygen atoms in total. The summed E-state index contributed by atoms with van der Waals surface area (Å²) in [4.78, 5) is 13.1. The topological polar surface area (TPSA) is 52.6 Å². The van der Waals surface area contributed by atoms with E-state index in [1.54, 1.807) is 0 Å². The Morgan fingerprint density at radius 2 is 1.62 bits per heavy atom. The van der Waals surface area contributed by atoms with Gasteiger partial charge in [0.2, 0.25) is 0 Å². The molecule has 0 aromatic heterocycles. The quantitative estimate of drug-likeness (QED) is 0.883. The van der Waals surface area contributed by atoms with Crippen molar-refractivity contribution in [2.24, 2.45) is 0 Å². The number of likely N-dealkylation sites (tertiary alicyclic amines) is 1. The first-order chi connectivity index (χ1) is 11.7. The molecule has 1 heterocycles. The minimum atomic E-state index is -0.910. The van der Waals surface area contributed by atoms with Crippen LogP contribution >= 0.6 is 0 Å². The number of carbonyl (C=O) groups is 1. The van der Waals surface area contributed by atoms with Crippen LogP contribution in [0.25, 0.3) is 11.1 Å². The second-order valence-electron chi connectivity index (χ2n) is 6.38. The fourth-order valence-corrected chi connectivity index (χ4v) is 3.26. The number of nitrogens with one attached hydrogen (secondary N) is 1. The van der Waals surface area contributed by atoms with Crippen LogP contribution in [0.2, 0.25) is 0 Å². The Balaban J connectivity index is 1.47. The number of rotatable bonds is 5. The van der Waals surface area contributed by atoms with E-state index >= 15 is 0 Å². The Bertz CT molecular complexity index is 647. The highest BCUT2D eigenvalue weighted by Crippen LogP contribution is 2.19. The average Bonchev–Trinajstić information content (AvgIpc) is 2.62. The number of hydrogen-bond donors (Lipinski definition) is 2. The van der Waals surface area contributed by atoms with E-state index in [0.717, 1.165) is 38.9 Å². The van der Waals surface area contributed by atoms with E-state index in [-0.39, 0.29) is 6.04 Å². The summed E-state index contributed by atoms with van der Waals surface area (Å²) in [6, 6.07) is 19.3. The second kappa shape index (κ2) is 7.97. The summed E-state index contributed by atoms with van der Waals surface area (Å²) in [6.45, 7) is 2.96. The van der Waals surface area contributed by atoms with Crippen LogP contribution in [0.3, 0.4) is 0 Å². The summed E-state index contributed by atoms with van der Waals surface area (Å²) in [5.74, 6) is 0. The van der Waals surface area contributed by atoms with E-state index in [1.807, 2.05) is 6.07 Å². The average molecular weight is 324 g/mol. The molecule has 0 saturated carbocycles. The lowest BCUT2D eigenvalue weighted by Gasteiger charge is -2.31. The molecule has 1 saturated heterocycles. The van der Waals surface area contributed by atoms with Crippen LogP contribution in [-0.2, 0) is 6.42 Å². The Morgan fingerprint density at radius 1 is 1.00 bits per heavy atom. The maximum Gasteiger partial charge on any atom is 0.404 e. The number of nitrogens with zero attached hydrogens (tertiary/aromatic N) is 1. The molecular weight excluding hydrogens is 300 g/mol. The second-order valence-corrected chi connectivity index (χ2v) is 6.38. The highest BCUT2D eigenvalue weighted by molar-refractivity contribution is 5.65. The number of amides is 1. The number of piperidine rings is 1. The third kappa shape index (κ3) is 4.59. The Labute approximate surface area is 143 Å². The Morgan fingerprint density at radius 3 is 2.25 bits per heavy atom. The van der Waals surface area contributed by atoms with Gasteiger partial charge in [0.1, 0.15) is 0 Å². The Kier molecular flexibility index (Phi) is 5.49. The third-order valence-electron chi connectivity index (χ3n) is 4.69. The molecule has 4 heteroatoms. The van der Waals surface area contributed by atoms with E-state index in [4.69, 9.17) is 5.11 Å². The highest BCUT2D eigenvalue weighted by Gasteiger charge is 2.19. The lowest BCUT2D eigenvalue weighted by atomic mass is 10.0. The molecule has 2 aromatic carbocycles. The van der Waals surface area contributed by atoms with Gasteiger partial charge in [0.25, 0.3) is 0 Å². The zero-order chi connectivity index (χ0) is 16.8. The molecule has 126 valence electrons. The van der Waals surface area contributed by atoms with Crippen molar-refractivity contribution in [2.45, 2.75) is 25.3 Å². The molecule has 0 radical (unpaired) electrons. The molecule has 0 aliphatic carbocycles. The van der Waals surface area contributed by atoms with Gasteiger partial charge < -0.3 is 15.3 Å². The lowest BCUT2D eigenvalue weighted by Crippen LogP contribution is -2.44. The van der Waals surface area contributed by atoms with Crippen LogP contribution in [0, 0.1) is 0 Å². The minimum absolute atomic E-state index is 0.115. The summed E-state index contributed by atoms with van der Waals surface area (Å²) in [6.07, 6.45) is 1.93. The normalized spacial score (nSPS) is 16.0. The van der Waals surface area contributed by atoms with Crippen molar-refractivity contribution in [3.8, 4) is 11.1 Å². The van der Waals surface area contributed by atoms with Crippen molar-refractivity contribution in [3.05, 3.63) is 60.2 Å². The summed E-state index contributed by atoms with van der Waals surface area (Å²) in [5, 5.41) is 11.4.